The fourth-order valence-electron chi connectivity index (χ4n) is 6.36. The zero-order chi connectivity index (χ0) is 28.2. The van der Waals surface area contributed by atoms with Crippen molar-refractivity contribution in [3.05, 3.63) is 70.8 Å². The average Bonchev–Trinajstić information content (AvgIpc) is 3.28. The minimum absolute atomic E-state index is 0.00445. The average molecular weight is 556 g/mol. The Morgan fingerprint density at radius 1 is 0.897 bits per heavy atom. The number of ether oxygens (including phenoxy) is 2. The van der Waals surface area contributed by atoms with Crippen molar-refractivity contribution in [2.45, 2.75) is 82.3 Å². The summed E-state index contributed by atoms with van der Waals surface area (Å²) in [5, 5.41) is 0. The molecule has 0 radical (unpaired) electrons. The van der Waals surface area contributed by atoms with E-state index >= 15 is 0 Å². The largest absolute Gasteiger partial charge is 0.416 e. The molecule has 1 saturated carbocycles. The van der Waals surface area contributed by atoms with Gasteiger partial charge in [-0.05, 0) is 67.0 Å². The Kier molecular flexibility index (Phi) is 7.24. The third-order valence-electron chi connectivity index (χ3n) is 8.41. The molecule has 2 saturated heterocycles. The fourth-order valence-corrected chi connectivity index (χ4v) is 6.36. The van der Waals surface area contributed by atoms with Crippen molar-refractivity contribution in [2.75, 3.05) is 6.61 Å². The van der Waals surface area contributed by atoms with Crippen LogP contribution in [0.3, 0.4) is 0 Å². The zero-order valence-electron chi connectivity index (χ0n) is 21.7. The first-order chi connectivity index (χ1) is 18.3. The standard InChI is InChI=1S/C29H31F6NO3/c1-17(2)24-16-38-27-14-13-23(15-22(27)11-12-25(37)36(24)27)39-26(18-3-7-20(8-4-18)28(30,31)32)19-5-9-21(10-6-19)29(33,34)35/h3-10,17,22-24,26H,11-16H2,1-2H3/t22-,23-,24-,27-/m1/s1. The van der Waals surface area contributed by atoms with Gasteiger partial charge in [-0.1, -0.05) is 38.1 Å². The van der Waals surface area contributed by atoms with Crippen molar-refractivity contribution in [2.24, 2.45) is 11.8 Å². The summed E-state index contributed by atoms with van der Waals surface area (Å²) in [6, 6.07) is 9.05. The number of amides is 1. The molecule has 2 aromatic rings. The van der Waals surface area contributed by atoms with Crippen molar-refractivity contribution in [3.8, 4) is 0 Å². The summed E-state index contributed by atoms with van der Waals surface area (Å²) < 4.78 is 91.8. The molecule has 3 fully saturated rings. The molecule has 39 heavy (non-hydrogen) atoms. The molecule has 4 atom stereocenters. The lowest BCUT2D eigenvalue weighted by atomic mass is 9.73. The van der Waals surface area contributed by atoms with Crippen LogP contribution in [0.2, 0.25) is 0 Å². The highest BCUT2D eigenvalue weighted by atomic mass is 19.4. The highest BCUT2D eigenvalue weighted by molar-refractivity contribution is 5.78. The molecule has 0 N–H and O–H groups in total. The van der Waals surface area contributed by atoms with Gasteiger partial charge >= 0.3 is 12.4 Å². The topological polar surface area (TPSA) is 38.8 Å². The summed E-state index contributed by atoms with van der Waals surface area (Å²) in [6.45, 7) is 4.61. The van der Waals surface area contributed by atoms with Gasteiger partial charge in [0, 0.05) is 12.3 Å². The third kappa shape index (κ3) is 5.29. The molecule has 1 amide bonds. The molecule has 2 aromatic carbocycles. The predicted octanol–water partition coefficient (Wildman–Crippen LogP) is 7.37. The van der Waals surface area contributed by atoms with Crippen LogP contribution in [0.15, 0.2) is 48.5 Å². The summed E-state index contributed by atoms with van der Waals surface area (Å²) in [5.41, 5.74) is -1.48. The Bertz CT molecular complexity index is 1120. The van der Waals surface area contributed by atoms with E-state index in [1.165, 1.54) is 24.3 Å². The molecule has 212 valence electrons. The number of halogens is 6. The van der Waals surface area contributed by atoms with Crippen LogP contribution in [0.25, 0.3) is 0 Å². The van der Waals surface area contributed by atoms with E-state index in [1.807, 2.05) is 4.90 Å². The number of piperidine rings is 1. The highest BCUT2D eigenvalue weighted by Gasteiger charge is 2.59. The molecule has 0 aromatic heterocycles. The predicted molar refractivity (Wildman–Crippen MR) is 130 cm³/mol. The molecule has 4 nitrogen and oxygen atoms in total. The molecule has 2 heterocycles. The van der Waals surface area contributed by atoms with Crippen molar-refractivity contribution in [1.29, 1.82) is 0 Å². The van der Waals surface area contributed by atoms with Crippen LogP contribution in [0.4, 0.5) is 26.3 Å². The summed E-state index contributed by atoms with van der Waals surface area (Å²) in [7, 11) is 0. The van der Waals surface area contributed by atoms with Crippen LogP contribution in [0, 0.1) is 11.8 Å². The maximum Gasteiger partial charge on any atom is 0.416 e. The normalized spacial score (nSPS) is 27.7. The first kappa shape index (κ1) is 28.0. The van der Waals surface area contributed by atoms with Crippen molar-refractivity contribution in [1.82, 2.24) is 4.90 Å². The second-order valence-corrected chi connectivity index (χ2v) is 11.1. The number of rotatable bonds is 5. The molecule has 5 rings (SSSR count). The van der Waals surface area contributed by atoms with Gasteiger partial charge in [-0.25, -0.2) is 0 Å². The van der Waals surface area contributed by atoms with Crippen molar-refractivity contribution < 1.29 is 40.6 Å². The number of alkyl halides is 6. The van der Waals surface area contributed by atoms with Gasteiger partial charge in [-0.15, -0.1) is 0 Å². The molecule has 0 unspecified atom stereocenters. The Morgan fingerprint density at radius 2 is 1.44 bits per heavy atom. The molecular formula is C29H31F6NO3. The van der Waals surface area contributed by atoms with Gasteiger partial charge in [0.2, 0.25) is 5.91 Å². The van der Waals surface area contributed by atoms with E-state index in [9.17, 15) is 31.1 Å². The summed E-state index contributed by atoms with van der Waals surface area (Å²) in [5.74, 6) is 0.359. The van der Waals surface area contributed by atoms with Gasteiger partial charge in [-0.3, -0.25) is 4.79 Å². The van der Waals surface area contributed by atoms with Crippen LogP contribution >= 0.6 is 0 Å². The van der Waals surface area contributed by atoms with E-state index < -0.39 is 35.3 Å². The van der Waals surface area contributed by atoms with Crippen molar-refractivity contribution in [3.63, 3.8) is 0 Å². The monoisotopic (exact) mass is 555 g/mol. The zero-order valence-corrected chi connectivity index (χ0v) is 21.7. The summed E-state index contributed by atoms with van der Waals surface area (Å²) in [4.78, 5) is 14.9. The molecule has 1 spiro atoms. The second-order valence-electron chi connectivity index (χ2n) is 11.1. The number of hydrogen-bond donors (Lipinski definition) is 0. The van der Waals surface area contributed by atoms with E-state index in [2.05, 4.69) is 13.8 Å². The minimum Gasteiger partial charge on any atom is -0.366 e. The maximum atomic E-state index is 13.2. The molecular weight excluding hydrogens is 524 g/mol. The third-order valence-corrected chi connectivity index (χ3v) is 8.41. The summed E-state index contributed by atoms with van der Waals surface area (Å²) >= 11 is 0. The lowest BCUT2D eigenvalue weighted by molar-refractivity contribution is -0.200. The number of hydrogen-bond acceptors (Lipinski definition) is 3. The van der Waals surface area contributed by atoms with Crippen molar-refractivity contribution >= 4 is 5.91 Å². The quantitative estimate of drug-likeness (QED) is 0.362. The first-order valence-electron chi connectivity index (χ1n) is 13.3. The van der Waals surface area contributed by atoms with Gasteiger partial charge in [0.15, 0.2) is 0 Å². The van der Waals surface area contributed by atoms with Crippen LogP contribution in [0.1, 0.15) is 74.3 Å². The van der Waals surface area contributed by atoms with Gasteiger partial charge < -0.3 is 14.4 Å². The van der Waals surface area contributed by atoms with Crippen LogP contribution in [-0.2, 0) is 26.6 Å². The Hall–Kier alpha value is -2.59. The molecule has 1 aliphatic carbocycles. The minimum atomic E-state index is -4.51. The number of benzene rings is 2. The van der Waals surface area contributed by atoms with Crippen LogP contribution < -0.4 is 0 Å². The molecule has 2 aliphatic heterocycles. The van der Waals surface area contributed by atoms with Gasteiger partial charge in [0.05, 0.1) is 29.9 Å². The van der Waals surface area contributed by atoms with Crippen LogP contribution in [0.5, 0.6) is 0 Å². The highest BCUT2D eigenvalue weighted by Crippen LogP contribution is 2.51. The number of nitrogens with zero attached hydrogens (tertiary/aromatic N) is 1. The van der Waals surface area contributed by atoms with Gasteiger partial charge in [0.25, 0.3) is 0 Å². The van der Waals surface area contributed by atoms with E-state index in [1.54, 1.807) is 0 Å². The molecule has 0 bridgehead atoms. The summed E-state index contributed by atoms with van der Waals surface area (Å²) in [6.07, 6.45) is -7.46. The van der Waals surface area contributed by atoms with Gasteiger partial charge in [0.1, 0.15) is 11.8 Å². The lowest BCUT2D eigenvalue weighted by Crippen LogP contribution is -2.62. The molecule has 10 heteroatoms. The van der Waals surface area contributed by atoms with E-state index in [4.69, 9.17) is 9.47 Å². The Balaban J connectivity index is 1.41. The number of carbonyl (C=O) groups excluding carboxylic acids is 1. The number of carbonyl (C=O) groups is 1. The smallest absolute Gasteiger partial charge is 0.366 e. The van der Waals surface area contributed by atoms with E-state index in [0.717, 1.165) is 24.3 Å². The fraction of sp³-hybridized carbons (Fsp3) is 0.552. The SMILES string of the molecule is CC(C)[C@H]1CO[C@]23CC[C@@H](OC(c4ccc(C(F)(F)F)cc4)c4ccc(C(F)(F)F)cc4)C[C@H]2CCC(=O)N13. The van der Waals surface area contributed by atoms with E-state index in [-0.39, 0.29) is 29.9 Å². The molecule has 3 aliphatic rings. The Labute approximate surface area is 223 Å². The van der Waals surface area contributed by atoms with E-state index in [0.29, 0.717) is 49.8 Å². The maximum absolute atomic E-state index is 13.2. The first-order valence-corrected chi connectivity index (χ1v) is 13.3. The van der Waals surface area contributed by atoms with Gasteiger partial charge in [-0.2, -0.15) is 26.3 Å². The lowest BCUT2D eigenvalue weighted by Gasteiger charge is -2.52. The second kappa shape index (κ2) is 10.1. The Morgan fingerprint density at radius 3 is 1.92 bits per heavy atom. The van der Waals surface area contributed by atoms with Crippen LogP contribution in [-0.4, -0.2) is 35.3 Å².